The molecule has 0 nitrogen and oxygen atoms in total. The Kier molecular flexibility index (Phi) is 2.78. The maximum Gasteiger partial charge on any atom is 0.0449 e. The minimum absolute atomic E-state index is 0.675. The molecule has 10 heavy (non-hydrogen) atoms. The summed E-state index contributed by atoms with van der Waals surface area (Å²) in [5.41, 5.74) is 1.06. The highest BCUT2D eigenvalue weighted by Gasteiger charge is 1.96. The van der Waals surface area contributed by atoms with Gasteiger partial charge in [0.15, 0.2) is 0 Å². The number of rotatable bonds is 1. The van der Waals surface area contributed by atoms with Crippen LogP contribution in [0.1, 0.15) is 5.56 Å². The molecule has 0 fully saturated rings. The van der Waals surface area contributed by atoms with Crippen LogP contribution in [0, 0.1) is 0 Å². The van der Waals surface area contributed by atoms with Gasteiger partial charge >= 0.3 is 0 Å². The molecule has 0 saturated heterocycles. The van der Waals surface area contributed by atoms with E-state index in [1.54, 1.807) is 6.07 Å². The molecule has 3 heteroatoms. The topological polar surface area (TPSA) is 0 Å². The van der Waals surface area contributed by atoms with Gasteiger partial charge < -0.3 is 0 Å². The first-order valence-corrected chi connectivity index (χ1v) is 4.29. The molecule has 0 aliphatic carbocycles. The Morgan fingerprint density at radius 2 is 2.00 bits per heavy atom. The van der Waals surface area contributed by atoms with Crippen molar-refractivity contribution in [3.8, 4) is 0 Å². The first-order chi connectivity index (χ1) is 4.74. The summed E-state index contributed by atoms with van der Waals surface area (Å²) in [6, 6.07) is 6.22. The summed E-state index contributed by atoms with van der Waals surface area (Å²) in [7, 11) is 3.35. The second-order valence-electron chi connectivity index (χ2n) is 1.91. The molecule has 0 amide bonds. The van der Waals surface area contributed by atoms with Gasteiger partial charge in [-0.2, -0.15) is 0 Å². The quantitative estimate of drug-likeness (QED) is 0.594. The minimum Gasteiger partial charge on any atom is -0.0843 e. The van der Waals surface area contributed by atoms with Crippen LogP contribution in [0.4, 0.5) is 0 Å². The van der Waals surface area contributed by atoms with Gasteiger partial charge in [0.1, 0.15) is 0 Å². The predicted molar refractivity (Wildman–Crippen MR) is 45.9 cm³/mol. The summed E-state index contributed by atoms with van der Waals surface area (Å²) in [6.07, 6.45) is 0. The van der Waals surface area contributed by atoms with Crippen LogP contribution in [0.25, 0.3) is 0 Å². The molecule has 0 saturated carbocycles. The van der Waals surface area contributed by atoms with Crippen LogP contribution in [0.3, 0.4) is 0 Å². The molecule has 0 atom stereocenters. The summed E-state index contributed by atoms with van der Waals surface area (Å²) in [6.45, 7) is 0. The summed E-state index contributed by atoms with van der Waals surface area (Å²) in [5.74, 6) is 0. The molecule has 0 aliphatic heterocycles. The molecule has 0 aliphatic rings. The van der Waals surface area contributed by atoms with Crippen molar-refractivity contribution in [3.05, 3.63) is 33.8 Å². The number of halogens is 2. The summed E-state index contributed by atoms with van der Waals surface area (Å²) in [4.78, 5) is 0. The van der Waals surface area contributed by atoms with Gasteiger partial charge in [0, 0.05) is 20.3 Å². The average molecular weight is 188 g/mol. The van der Waals surface area contributed by atoms with E-state index in [0.717, 1.165) is 11.6 Å². The van der Waals surface area contributed by atoms with E-state index < -0.39 is 0 Å². The van der Waals surface area contributed by atoms with Crippen LogP contribution >= 0.6 is 23.2 Å². The van der Waals surface area contributed by atoms with Gasteiger partial charge in [0.05, 0.1) is 0 Å². The van der Waals surface area contributed by atoms with Gasteiger partial charge in [0.25, 0.3) is 0 Å². The predicted octanol–water partition coefficient (Wildman–Crippen LogP) is 2.66. The molecule has 0 spiro atoms. The van der Waals surface area contributed by atoms with E-state index in [1.807, 2.05) is 12.1 Å². The fourth-order valence-electron chi connectivity index (χ4n) is 0.665. The van der Waals surface area contributed by atoms with Crippen molar-refractivity contribution < 1.29 is 0 Å². The second-order valence-corrected chi connectivity index (χ2v) is 3.11. The SMILES string of the molecule is [Si]Cc1ccc(Cl)cc1Cl. The fraction of sp³-hybridized carbons (Fsp3) is 0.143. The van der Waals surface area contributed by atoms with Gasteiger partial charge in [-0.15, -0.1) is 0 Å². The van der Waals surface area contributed by atoms with Gasteiger partial charge in [-0.25, -0.2) is 0 Å². The Bertz CT molecular complexity index is 235. The van der Waals surface area contributed by atoms with Gasteiger partial charge in [-0.05, 0) is 23.7 Å². The Balaban J connectivity index is 3.07. The normalized spacial score (nSPS) is 9.90. The maximum atomic E-state index is 5.81. The highest BCUT2D eigenvalue weighted by Crippen LogP contribution is 2.20. The van der Waals surface area contributed by atoms with E-state index in [0.29, 0.717) is 10.0 Å². The zero-order chi connectivity index (χ0) is 7.56. The lowest BCUT2D eigenvalue weighted by molar-refractivity contribution is 1.40. The molecule has 0 N–H and O–H groups in total. The van der Waals surface area contributed by atoms with Gasteiger partial charge in [0.2, 0.25) is 0 Å². The molecule has 1 aromatic rings. The molecule has 0 unspecified atom stereocenters. The second kappa shape index (κ2) is 3.42. The van der Waals surface area contributed by atoms with Crippen LogP contribution in [-0.4, -0.2) is 10.2 Å². The molecule has 3 radical (unpaired) electrons. The van der Waals surface area contributed by atoms with E-state index in [4.69, 9.17) is 23.2 Å². The van der Waals surface area contributed by atoms with Crippen molar-refractivity contribution in [2.24, 2.45) is 0 Å². The van der Waals surface area contributed by atoms with E-state index in [1.165, 1.54) is 0 Å². The smallest absolute Gasteiger partial charge is 0.0449 e. The Morgan fingerprint density at radius 1 is 1.30 bits per heavy atom. The third kappa shape index (κ3) is 1.75. The first-order valence-electron chi connectivity index (χ1n) is 2.82. The monoisotopic (exact) mass is 187 g/mol. The highest BCUT2D eigenvalue weighted by atomic mass is 35.5. The molecule has 0 bridgehead atoms. The number of hydrogen-bond acceptors (Lipinski definition) is 0. The van der Waals surface area contributed by atoms with E-state index in [9.17, 15) is 0 Å². The van der Waals surface area contributed by atoms with Crippen molar-refractivity contribution in [2.45, 2.75) is 6.04 Å². The highest BCUT2D eigenvalue weighted by molar-refractivity contribution is 6.35. The van der Waals surface area contributed by atoms with Crippen LogP contribution in [-0.2, 0) is 6.04 Å². The lowest BCUT2D eigenvalue weighted by atomic mass is 10.2. The van der Waals surface area contributed by atoms with Crippen LogP contribution in [0.5, 0.6) is 0 Å². The zero-order valence-electron chi connectivity index (χ0n) is 5.20. The molecular formula is C7H5Cl2Si. The number of hydrogen-bond donors (Lipinski definition) is 0. The van der Waals surface area contributed by atoms with E-state index >= 15 is 0 Å². The Labute approximate surface area is 73.6 Å². The fourth-order valence-corrected chi connectivity index (χ4v) is 1.56. The Morgan fingerprint density at radius 3 is 2.50 bits per heavy atom. The van der Waals surface area contributed by atoms with Gasteiger partial charge in [-0.1, -0.05) is 29.3 Å². The third-order valence-electron chi connectivity index (χ3n) is 1.21. The summed E-state index contributed by atoms with van der Waals surface area (Å²) >= 11 is 11.5. The van der Waals surface area contributed by atoms with Gasteiger partial charge in [-0.3, -0.25) is 0 Å². The molecule has 1 rings (SSSR count). The lowest BCUT2D eigenvalue weighted by Gasteiger charge is -1.98. The first kappa shape index (κ1) is 8.12. The summed E-state index contributed by atoms with van der Waals surface area (Å²) in [5, 5.41) is 1.39. The van der Waals surface area contributed by atoms with Crippen molar-refractivity contribution >= 4 is 33.4 Å². The molecule has 1 aromatic carbocycles. The van der Waals surface area contributed by atoms with Crippen molar-refractivity contribution in [2.75, 3.05) is 0 Å². The van der Waals surface area contributed by atoms with Crippen LogP contribution in [0.15, 0.2) is 18.2 Å². The lowest BCUT2D eigenvalue weighted by Crippen LogP contribution is -1.83. The average Bonchev–Trinajstić information content (AvgIpc) is 1.88. The van der Waals surface area contributed by atoms with Crippen molar-refractivity contribution in [3.63, 3.8) is 0 Å². The molecule has 51 valence electrons. The number of benzene rings is 1. The van der Waals surface area contributed by atoms with Crippen molar-refractivity contribution in [1.82, 2.24) is 0 Å². The zero-order valence-corrected chi connectivity index (χ0v) is 7.71. The van der Waals surface area contributed by atoms with Crippen LogP contribution in [0.2, 0.25) is 10.0 Å². The van der Waals surface area contributed by atoms with E-state index in [-0.39, 0.29) is 0 Å². The minimum atomic E-state index is 0.675. The molecule has 0 heterocycles. The standard InChI is InChI=1S/C7H5Cl2Si/c8-6-2-1-5(4-10)7(9)3-6/h1-3H,4H2. The maximum absolute atomic E-state index is 5.81. The molecule has 0 aromatic heterocycles. The summed E-state index contributed by atoms with van der Waals surface area (Å²) < 4.78 is 0. The third-order valence-corrected chi connectivity index (χ3v) is 2.17. The van der Waals surface area contributed by atoms with Crippen LogP contribution < -0.4 is 0 Å². The van der Waals surface area contributed by atoms with E-state index in [2.05, 4.69) is 10.2 Å². The largest absolute Gasteiger partial charge is 0.0843 e. The molecular weight excluding hydrogens is 183 g/mol. The Hall–Kier alpha value is 0.0169. The van der Waals surface area contributed by atoms with Crippen molar-refractivity contribution in [1.29, 1.82) is 0 Å².